The smallest absolute Gasteiger partial charge is 0.339 e. The van der Waals surface area contributed by atoms with Crippen LogP contribution in [0.1, 0.15) is 0 Å². The van der Waals surface area contributed by atoms with Crippen molar-refractivity contribution in [2.75, 3.05) is 13.7 Å². The zero-order chi connectivity index (χ0) is 8.27. The van der Waals surface area contributed by atoms with Crippen LogP contribution in [0.15, 0.2) is 22.3 Å². The van der Waals surface area contributed by atoms with Gasteiger partial charge in [-0.3, -0.25) is 0 Å². The van der Waals surface area contributed by atoms with E-state index in [4.69, 9.17) is 0 Å². The molecule has 0 saturated heterocycles. The molecule has 0 spiro atoms. The van der Waals surface area contributed by atoms with Crippen LogP contribution in [0.3, 0.4) is 0 Å². The molecule has 1 N–H and O–H groups in total. The summed E-state index contributed by atoms with van der Waals surface area (Å²) in [4.78, 5) is 10.9. The highest BCUT2D eigenvalue weighted by Crippen LogP contribution is 2.12. The molecule has 0 unspecified atom stereocenters. The summed E-state index contributed by atoms with van der Waals surface area (Å²) in [6.45, 7) is 0.723. The van der Waals surface area contributed by atoms with Gasteiger partial charge in [0.1, 0.15) is 0 Å². The van der Waals surface area contributed by atoms with Crippen molar-refractivity contribution in [3.8, 4) is 0 Å². The van der Waals surface area contributed by atoms with Crippen molar-refractivity contribution in [1.82, 2.24) is 5.32 Å². The molecule has 1 rings (SSSR count). The maximum atomic E-state index is 10.9. The molecular formula is C7H8BrNO2. The second kappa shape index (κ2) is 3.57. The molecule has 0 aliphatic carbocycles. The van der Waals surface area contributed by atoms with E-state index in [0.717, 1.165) is 11.0 Å². The molecule has 4 heteroatoms. The average Bonchev–Trinajstić information content (AvgIpc) is 2.03. The first-order chi connectivity index (χ1) is 5.24. The Labute approximate surface area is 73.2 Å². The Morgan fingerprint density at radius 2 is 2.55 bits per heavy atom. The van der Waals surface area contributed by atoms with E-state index in [1.54, 1.807) is 12.3 Å². The van der Waals surface area contributed by atoms with Crippen molar-refractivity contribution in [3.05, 3.63) is 22.3 Å². The molecule has 0 saturated carbocycles. The van der Waals surface area contributed by atoms with Crippen molar-refractivity contribution in [1.29, 1.82) is 0 Å². The highest BCUT2D eigenvalue weighted by Gasteiger charge is 2.10. The summed E-state index contributed by atoms with van der Waals surface area (Å²) in [7, 11) is 1.36. The van der Waals surface area contributed by atoms with Gasteiger partial charge in [-0.1, -0.05) is 15.9 Å². The van der Waals surface area contributed by atoms with Gasteiger partial charge < -0.3 is 10.1 Å². The van der Waals surface area contributed by atoms with Crippen molar-refractivity contribution >= 4 is 21.9 Å². The van der Waals surface area contributed by atoms with Crippen LogP contribution in [0, 0.1) is 0 Å². The van der Waals surface area contributed by atoms with E-state index in [9.17, 15) is 4.79 Å². The van der Waals surface area contributed by atoms with Crippen LogP contribution in [0.25, 0.3) is 0 Å². The van der Waals surface area contributed by atoms with Gasteiger partial charge in [0.2, 0.25) is 0 Å². The Morgan fingerprint density at radius 3 is 3.09 bits per heavy atom. The van der Waals surface area contributed by atoms with Crippen LogP contribution < -0.4 is 5.32 Å². The summed E-state index contributed by atoms with van der Waals surface area (Å²) in [5, 5.41) is 2.92. The number of hydrogen-bond donors (Lipinski definition) is 1. The van der Waals surface area contributed by atoms with Crippen LogP contribution >= 0.6 is 15.9 Å². The minimum absolute atomic E-state index is 0.325. The standard InChI is InChI=1S/C7H8BrNO2/c1-11-7(10)5-2-6(8)4-9-3-5/h2-3,9H,4H2,1H3. The fraction of sp³-hybridized carbons (Fsp3) is 0.286. The number of ether oxygens (including phenoxy) is 1. The third-order valence-electron chi connectivity index (χ3n) is 1.26. The average molecular weight is 218 g/mol. The van der Waals surface area contributed by atoms with Gasteiger partial charge in [-0.15, -0.1) is 0 Å². The molecule has 0 fully saturated rings. The summed E-state index contributed by atoms with van der Waals surface area (Å²) in [6.07, 6.45) is 3.37. The monoisotopic (exact) mass is 217 g/mol. The highest BCUT2D eigenvalue weighted by molar-refractivity contribution is 9.11. The lowest BCUT2D eigenvalue weighted by atomic mass is 10.2. The SMILES string of the molecule is COC(=O)C1=CNCC(Br)=C1. The fourth-order valence-corrected chi connectivity index (χ4v) is 1.16. The van der Waals surface area contributed by atoms with E-state index in [1.807, 2.05) is 0 Å². The molecule has 0 amide bonds. The molecule has 1 heterocycles. The lowest BCUT2D eigenvalue weighted by Crippen LogP contribution is -2.16. The molecule has 0 bridgehead atoms. The zero-order valence-corrected chi connectivity index (χ0v) is 7.64. The molecule has 11 heavy (non-hydrogen) atoms. The van der Waals surface area contributed by atoms with Crippen LogP contribution in [0.2, 0.25) is 0 Å². The number of nitrogens with one attached hydrogen (secondary N) is 1. The van der Waals surface area contributed by atoms with Crippen molar-refractivity contribution in [2.45, 2.75) is 0 Å². The predicted molar refractivity (Wildman–Crippen MR) is 45.1 cm³/mol. The summed E-state index contributed by atoms with van der Waals surface area (Å²) in [5.74, 6) is -0.325. The molecule has 0 aromatic carbocycles. The summed E-state index contributed by atoms with van der Waals surface area (Å²) < 4.78 is 5.47. The normalized spacial score (nSPS) is 16.2. The quantitative estimate of drug-likeness (QED) is 0.665. The third kappa shape index (κ3) is 2.08. The molecule has 0 radical (unpaired) electrons. The van der Waals surface area contributed by atoms with Gasteiger partial charge in [0.25, 0.3) is 0 Å². The third-order valence-corrected chi connectivity index (χ3v) is 1.77. The number of dihydropyridines is 1. The molecule has 3 nitrogen and oxygen atoms in total. The molecule has 60 valence electrons. The van der Waals surface area contributed by atoms with Gasteiger partial charge in [0.05, 0.1) is 12.7 Å². The highest BCUT2D eigenvalue weighted by atomic mass is 79.9. The predicted octanol–water partition coefficient (Wildman–Crippen LogP) is 0.925. The van der Waals surface area contributed by atoms with Crippen LogP contribution in [-0.4, -0.2) is 19.6 Å². The fourth-order valence-electron chi connectivity index (χ4n) is 0.756. The Bertz CT molecular complexity index is 233. The summed E-state index contributed by atoms with van der Waals surface area (Å²) in [6, 6.07) is 0. The topological polar surface area (TPSA) is 38.3 Å². The molecule has 0 atom stereocenters. The number of halogens is 1. The minimum Gasteiger partial charge on any atom is -0.465 e. The Kier molecular flexibility index (Phi) is 2.70. The van der Waals surface area contributed by atoms with E-state index in [1.165, 1.54) is 7.11 Å². The van der Waals surface area contributed by atoms with E-state index < -0.39 is 0 Å². The van der Waals surface area contributed by atoms with Gasteiger partial charge in [0.15, 0.2) is 0 Å². The van der Waals surface area contributed by atoms with E-state index in [2.05, 4.69) is 26.0 Å². The van der Waals surface area contributed by atoms with E-state index >= 15 is 0 Å². The summed E-state index contributed by atoms with van der Waals surface area (Å²) >= 11 is 3.28. The zero-order valence-electron chi connectivity index (χ0n) is 6.06. The first-order valence-corrected chi connectivity index (χ1v) is 3.91. The molecule has 0 aromatic rings. The van der Waals surface area contributed by atoms with Gasteiger partial charge in [-0.05, 0) is 6.08 Å². The largest absolute Gasteiger partial charge is 0.465 e. The Hall–Kier alpha value is -0.770. The lowest BCUT2D eigenvalue weighted by Gasteiger charge is -2.08. The number of carbonyl (C=O) groups excluding carboxylic acids is 1. The minimum atomic E-state index is -0.325. The van der Waals surface area contributed by atoms with Gasteiger partial charge in [0, 0.05) is 17.2 Å². The second-order valence-electron chi connectivity index (χ2n) is 2.06. The van der Waals surface area contributed by atoms with Crippen molar-refractivity contribution < 1.29 is 9.53 Å². The van der Waals surface area contributed by atoms with Gasteiger partial charge in [-0.2, -0.15) is 0 Å². The molecule has 1 aliphatic heterocycles. The number of methoxy groups -OCH3 is 1. The maximum absolute atomic E-state index is 10.9. The summed E-state index contributed by atoms with van der Waals surface area (Å²) in [5.41, 5.74) is 0.533. The van der Waals surface area contributed by atoms with E-state index in [0.29, 0.717) is 5.57 Å². The first kappa shape index (κ1) is 8.33. The second-order valence-corrected chi connectivity index (χ2v) is 3.08. The number of rotatable bonds is 1. The van der Waals surface area contributed by atoms with Crippen LogP contribution in [0.5, 0.6) is 0 Å². The molecule has 0 aromatic heterocycles. The number of hydrogen-bond acceptors (Lipinski definition) is 3. The maximum Gasteiger partial charge on any atom is 0.339 e. The Morgan fingerprint density at radius 1 is 1.82 bits per heavy atom. The van der Waals surface area contributed by atoms with Crippen LogP contribution in [0.4, 0.5) is 0 Å². The molecular weight excluding hydrogens is 210 g/mol. The van der Waals surface area contributed by atoms with Gasteiger partial charge >= 0.3 is 5.97 Å². The Balaban J connectivity index is 2.73. The van der Waals surface area contributed by atoms with E-state index in [-0.39, 0.29) is 5.97 Å². The van der Waals surface area contributed by atoms with Crippen LogP contribution in [-0.2, 0) is 9.53 Å². The number of esters is 1. The van der Waals surface area contributed by atoms with Crippen molar-refractivity contribution in [3.63, 3.8) is 0 Å². The first-order valence-electron chi connectivity index (χ1n) is 3.12. The van der Waals surface area contributed by atoms with Gasteiger partial charge in [-0.25, -0.2) is 4.79 Å². The number of carbonyl (C=O) groups is 1. The van der Waals surface area contributed by atoms with Crippen molar-refractivity contribution in [2.24, 2.45) is 0 Å². The molecule has 1 aliphatic rings. The lowest BCUT2D eigenvalue weighted by molar-refractivity contribution is -0.135.